The molecule has 2 aliphatic heterocycles. The van der Waals surface area contributed by atoms with E-state index in [-0.39, 0.29) is 25.6 Å². The van der Waals surface area contributed by atoms with Crippen LogP contribution in [0.15, 0.2) is 0 Å². The molecule has 0 bridgehead atoms. The molecule has 1 amide bonds. The number of likely N-dealkylation sites (N-methyl/N-ethyl adjacent to an activating group) is 1. The van der Waals surface area contributed by atoms with Gasteiger partial charge in [-0.2, -0.15) is 13.2 Å². The third kappa shape index (κ3) is 3.04. The Hall–Kier alpha value is -0.820. The van der Waals surface area contributed by atoms with Gasteiger partial charge in [0.2, 0.25) is 5.91 Å². The van der Waals surface area contributed by atoms with Gasteiger partial charge in [-0.3, -0.25) is 4.79 Å². The second-order valence-corrected chi connectivity index (χ2v) is 6.18. The largest absolute Gasteiger partial charge is 0.404 e. The smallest absolute Gasteiger partial charge is 0.338 e. The molecule has 122 valence electrons. The van der Waals surface area contributed by atoms with Crippen molar-refractivity contribution in [2.75, 3.05) is 39.8 Å². The molecular weight excluding hydrogens is 283 g/mol. The third-order valence-corrected chi connectivity index (χ3v) is 4.74. The fourth-order valence-electron chi connectivity index (χ4n) is 3.37. The second kappa shape index (κ2) is 6.12. The molecule has 2 heterocycles. The van der Waals surface area contributed by atoms with Gasteiger partial charge in [-0.05, 0) is 39.4 Å². The van der Waals surface area contributed by atoms with E-state index in [0.717, 1.165) is 13.0 Å². The van der Waals surface area contributed by atoms with Crippen LogP contribution in [0.1, 0.15) is 26.2 Å². The van der Waals surface area contributed by atoms with Crippen LogP contribution >= 0.6 is 0 Å². The highest BCUT2D eigenvalue weighted by Crippen LogP contribution is 2.45. The first-order valence-electron chi connectivity index (χ1n) is 7.59. The number of nitrogens with zero attached hydrogens (tertiary/aromatic N) is 2. The molecule has 2 rings (SSSR count). The summed E-state index contributed by atoms with van der Waals surface area (Å²) in [4.78, 5) is 16.3. The van der Waals surface area contributed by atoms with E-state index in [1.54, 1.807) is 0 Å². The summed E-state index contributed by atoms with van der Waals surface area (Å²) in [6.07, 6.45) is -3.25. The Bertz CT molecular complexity index is 380. The van der Waals surface area contributed by atoms with Crippen molar-refractivity contribution >= 4 is 5.91 Å². The summed E-state index contributed by atoms with van der Waals surface area (Å²) in [5, 5.41) is 2.72. The fraction of sp³-hybridized carbons (Fsp3) is 0.929. The van der Waals surface area contributed by atoms with Crippen molar-refractivity contribution in [3.05, 3.63) is 0 Å². The SMILES string of the molecule is CCC1CN(C)CCCN1C(=O)C1(C(F)(F)F)CCNC1. The molecule has 0 spiro atoms. The second-order valence-electron chi connectivity index (χ2n) is 6.18. The van der Waals surface area contributed by atoms with E-state index in [4.69, 9.17) is 0 Å². The number of halogens is 3. The first-order valence-corrected chi connectivity index (χ1v) is 7.59. The van der Waals surface area contributed by atoms with Crippen LogP contribution in [0.3, 0.4) is 0 Å². The minimum Gasteiger partial charge on any atom is -0.338 e. The van der Waals surface area contributed by atoms with Gasteiger partial charge in [-0.15, -0.1) is 0 Å². The van der Waals surface area contributed by atoms with Gasteiger partial charge in [0.25, 0.3) is 0 Å². The number of carbonyl (C=O) groups is 1. The number of nitrogens with one attached hydrogen (secondary N) is 1. The summed E-state index contributed by atoms with van der Waals surface area (Å²) in [6, 6.07) is -0.134. The van der Waals surface area contributed by atoms with Crippen molar-refractivity contribution in [3.8, 4) is 0 Å². The molecule has 2 saturated heterocycles. The predicted molar refractivity (Wildman–Crippen MR) is 73.9 cm³/mol. The summed E-state index contributed by atoms with van der Waals surface area (Å²) in [7, 11) is 1.95. The summed E-state index contributed by atoms with van der Waals surface area (Å²) in [5.41, 5.74) is -2.23. The Morgan fingerprint density at radius 1 is 1.38 bits per heavy atom. The third-order valence-electron chi connectivity index (χ3n) is 4.74. The Morgan fingerprint density at radius 2 is 2.10 bits per heavy atom. The molecule has 0 aromatic rings. The lowest BCUT2D eigenvalue weighted by molar-refractivity contribution is -0.222. The zero-order chi connectivity index (χ0) is 15.7. The van der Waals surface area contributed by atoms with Crippen LogP contribution < -0.4 is 5.32 Å². The number of amides is 1. The monoisotopic (exact) mass is 307 g/mol. The maximum atomic E-state index is 13.5. The molecule has 2 aliphatic rings. The molecule has 0 aliphatic carbocycles. The summed E-state index contributed by atoms with van der Waals surface area (Å²) in [6.45, 7) is 3.76. The van der Waals surface area contributed by atoms with E-state index in [9.17, 15) is 18.0 Å². The van der Waals surface area contributed by atoms with Gasteiger partial charge >= 0.3 is 6.18 Å². The van der Waals surface area contributed by atoms with E-state index >= 15 is 0 Å². The highest BCUT2D eigenvalue weighted by Gasteiger charge is 2.62. The fourth-order valence-corrected chi connectivity index (χ4v) is 3.37. The van der Waals surface area contributed by atoms with Gasteiger partial charge in [0.15, 0.2) is 5.41 Å². The molecule has 4 nitrogen and oxygen atoms in total. The number of hydrogen-bond donors (Lipinski definition) is 1. The van der Waals surface area contributed by atoms with Crippen LogP contribution in [0.5, 0.6) is 0 Å². The van der Waals surface area contributed by atoms with E-state index in [2.05, 4.69) is 10.2 Å². The number of hydrogen-bond acceptors (Lipinski definition) is 3. The van der Waals surface area contributed by atoms with Crippen LogP contribution in [0.4, 0.5) is 13.2 Å². The van der Waals surface area contributed by atoms with Crippen LogP contribution in [0.2, 0.25) is 0 Å². The molecule has 2 unspecified atom stereocenters. The zero-order valence-electron chi connectivity index (χ0n) is 12.7. The van der Waals surface area contributed by atoms with Crippen LogP contribution in [-0.4, -0.2) is 67.7 Å². The van der Waals surface area contributed by atoms with Gasteiger partial charge in [0.1, 0.15) is 0 Å². The lowest BCUT2D eigenvalue weighted by Crippen LogP contribution is -2.56. The highest BCUT2D eigenvalue weighted by atomic mass is 19.4. The van der Waals surface area contributed by atoms with Crippen molar-refractivity contribution in [1.82, 2.24) is 15.1 Å². The van der Waals surface area contributed by atoms with E-state index in [1.807, 2.05) is 14.0 Å². The Balaban J connectivity index is 2.27. The quantitative estimate of drug-likeness (QED) is 0.839. The maximum Gasteiger partial charge on any atom is 0.404 e. The van der Waals surface area contributed by atoms with Crippen LogP contribution in [0, 0.1) is 5.41 Å². The Labute approximate surface area is 123 Å². The van der Waals surface area contributed by atoms with Crippen molar-refractivity contribution in [2.45, 2.75) is 38.4 Å². The molecular formula is C14H24F3N3O. The molecule has 0 radical (unpaired) electrons. The standard InChI is InChI=1S/C14H24F3N3O/c1-3-11-9-19(2)7-4-8-20(11)12(21)13(14(15,16)17)5-6-18-10-13/h11,18H,3-10H2,1-2H3. The van der Waals surface area contributed by atoms with E-state index in [1.165, 1.54) is 4.90 Å². The maximum absolute atomic E-state index is 13.5. The number of alkyl halides is 3. The lowest BCUT2D eigenvalue weighted by Gasteiger charge is -2.38. The Morgan fingerprint density at radius 3 is 2.62 bits per heavy atom. The predicted octanol–water partition coefficient (Wildman–Crippen LogP) is 1.47. The minimum atomic E-state index is -4.50. The average Bonchev–Trinajstić information content (AvgIpc) is 2.84. The van der Waals surface area contributed by atoms with Crippen molar-refractivity contribution in [3.63, 3.8) is 0 Å². The normalized spacial score (nSPS) is 32.2. The molecule has 0 saturated carbocycles. The molecule has 2 atom stereocenters. The first kappa shape index (κ1) is 16.5. The number of carbonyl (C=O) groups excluding carboxylic acids is 1. The van der Waals surface area contributed by atoms with Gasteiger partial charge in [0, 0.05) is 25.7 Å². The molecule has 0 aromatic carbocycles. The van der Waals surface area contributed by atoms with Gasteiger partial charge < -0.3 is 15.1 Å². The van der Waals surface area contributed by atoms with Gasteiger partial charge in [-0.1, -0.05) is 6.92 Å². The van der Waals surface area contributed by atoms with Crippen molar-refractivity contribution < 1.29 is 18.0 Å². The molecule has 1 N–H and O–H groups in total. The van der Waals surface area contributed by atoms with Crippen LogP contribution in [0.25, 0.3) is 0 Å². The highest BCUT2D eigenvalue weighted by molar-refractivity contribution is 5.84. The summed E-state index contributed by atoms with van der Waals surface area (Å²) >= 11 is 0. The molecule has 21 heavy (non-hydrogen) atoms. The molecule has 0 aromatic heterocycles. The first-order chi connectivity index (χ1) is 9.82. The van der Waals surface area contributed by atoms with Crippen molar-refractivity contribution in [2.24, 2.45) is 5.41 Å². The summed E-state index contributed by atoms with van der Waals surface area (Å²) < 4.78 is 40.6. The van der Waals surface area contributed by atoms with Gasteiger partial charge in [-0.25, -0.2) is 0 Å². The van der Waals surface area contributed by atoms with Crippen LogP contribution in [-0.2, 0) is 4.79 Å². The van der Waals surface area contributed by atoms with Crippen molar-refractivity contribution in [1.29, 1.82) is 0 Å². The molecule has 7 heteroatoms. The Kier molecular flexibility index (Phi) is 4.82. The van der Waals surface area contributed by atoms with E-state index in [0.29, 0.717) is 19.5 Å². The lowest BCUT2D eigenvalue weighted by atomic mass is 9.84. The average molecular weight is 307 g/mol. The topological polar surface area (TPSA) is 35.6 Å². The van der Waals surface area contributed by atoms with E-state index < -0.39 is 17.5 Å². The molecule has 2 fully saturated rings. The number of rotatable bonds is 2. The minimum absolute atomic E-state index is 0.134. The van der Waals surface area contributed by atoms with Gasteiger partial charge in [0.05, 0.1) is 0 Å². The summed E-state index contributed by atoms with van der Waals surface area (Å²) in [5.74, 6) is -0.734. The zero-order valence-corrected chi connectivity index (χ0v) is 12.7.